The van der Waals surface area contributed by atoms with E-state index in [-0.39, 0.29) is 22.7 Å². The molecule has 0 aliphatic heterocycles. The summed E-state index contributed by atoms with van der Waals surface area (Å²) in [7, 11) is -3.85. The summed E-state index contributed by atoms with van der Waals surface area (Å²) in [6.07, 6.45) is -0.262. The number of carbonyl (C=O) groups excluding carboxylic acids is 1. The third-order valence-electron chi connectivity index (χ3n) is 4.66. The maximum Gasteiger partial charge on any atom is 0.185 e. The third-order valence-corrected chi connectivity index (χ3v) is 6.78. The maximum atomic E-state index is 13.4. The van der Waals surface area contributed by atoms with Crippen LogP contribution in [0.2, 0.25) is 0 Å². The van der Waals surface area contributed by atoms with Gasteiger partial charge in [-0.05, 0) is 74.9 Å². The van der Waals surface area contributed by atoms with Crippen molar-refractivity contribution in [3.63, 3.8) is 0 Å². The normalized spacial score (nSPS) is 12.9. The molecule has 0 aromatic heterocycles. The van der Waals surface area contributed by atoms with E-state index < -0.39 is 26.5 Å². The molecule has 0 N–H and O–H groups in total. The molecular weight excluding hydrogens is 415 g/mol. The molecule has 0 saturated carbocycles. The van der Waals surface area contributed by atoms with Crippen molar-refractivity contribution in [2.45, 2.75) is 42.9 Å². The average Bonchev–Trinajstić information content (AvgIpc) is 2.72. The number of ether oxygens (including phenoxy) is 1. The van der Waals surface area contributed by atoms with Crippen LogP contribution >= 0.6 is 0 Å². The topological polar surface area (TPSA) is 60.4 Å². The predicted molar refractivity (Wildman–Crippen MR) is 119 cm³/mol. The number of sulfone groups is 1. The summed E-state index contributed by atoms with van der Waals surface area (Å²) in [6, 6.07) is 19.9. The standard InChI is InChI=1S/C25H25FO4S/c1-25(2,3)30-21-15-11-19(12-16-21)24(31(28,29)22-7-5-4-6-8-22)17-23(27)18-9-13-20(26)14-10-18/h4-16,24H,17H2,1-3H3. The minimum atomic E-state index is -3.85. The van der Waals surface area contributed by atoms with Gasteiger partial charge in [0.25, 0.3) is 0 Å². The fraction of sp³-hybridized carbons (Fsp3) is 0.240. The van der Waals surface area contributed by atoms with E-state index in [1.54, 1.807) is 42.5 Å². The molecule has 3 aromatic carbocycles. The molecule has 3 aromatic rings. The van der Waals surface area contributed by atoms with Crippen molar-refractivity contribution in [1.29, 1.82) is 0 Å². The number of benzene rings is 3. The molecular formula is C25H25FO4S. The van der Waals surface area contributed by atoms with E-state index in [0.717, 1.165) is 0 Å². The first kappa shape index (κ1) is 22.7. The minimum absolute atomic E-state index is 0.141. The Morgan fingerprint density at radius 1 is 0.903 bits per heavy atom. The Morgan fingerprint density at radius 2 is 1.48 bits per heavy atom. The van der Waals surface area contributed by atoms with Gasteiger partial charge >= 0.3 is 0 Å². The highest BCUT2D eigenvalue weighted by Crippen LogP contribution is 2.34. The van der Waals surface area contributed by atoms with Gasteiger partial charge in [0.1, 0.15) is 17.2 Å². The Kier molecular flexibility index (Phi) is 6.60. The van der Waals surface area contributed by atoms with Gasteiger partial charge in [0.2, 0.25) is 0 Å². The zero-order valence-electron chi connectivity index (χ0n) is 17.7. The number of Topliss-reactive ketones (excluding diaryl/α,β-unsaturated/α-hetero) is 1. The highest BCUT2D eigenvalue weighted by Gasteiger charge is 2.31. The highest BCUT2D eigenvalue weighted by atomic mass is 32.2. The first-order valence-corrected chi connectivity index (χ1v) is 11.5. The second kappa shape index (κ2) is 9.02. The third kappa shape index (κ3) is 5.79. The van der Waals surface area contributed by atoms with Gasteiger partial charge in [-0.2, -0.15) is 0 Å². The first-order chi connectivity index (χ1) is 14.6. The molecule has 0 bridgehead atoms. The van der Waals surface area contributed by atoms with E-state index >= 15 is 0 Å². The van der Waals surface area contributed by atoms with E-state index in [9.17, 15) is 17.6 Å². The minimum Gasteiger partial charge on any atom is -0.488 e. The number of carbonyl (C=O) groups is 1. The Morgan fingerprint density at radius 3 is 2.03 bits per heavy atom. The molecule has 0 fully saturated rings. The van der Waals surface area contributed by atoms with Gasteiger partial charge < -0.3 is 4.74 Å². The van der Waals surface area contributed by atoms with E-state index in [1.807, 2.05) is 20.8 Å². The molecule has 0 aliphatic carbocycles. The van der Waals surface area contributed by atoms with Crippen LogP contribution in [0.25, 0.3) is 0 Å². The fourth-order valence-corrected chi connectivity index (χ4v) is 4.96. The van der Waals surface area contributed by atoms with Crippen LogP contribution in [0.4, 0.5) is 4.39 Å². The molecule has 0 amide bonds. The quantitative estimate of drug-likeness (QED) is 0.436. The number of hydrogen-bond donors (Lipinski definition) is 0. The molecule has 0 radical (unpaired) electrons. The van der Waals surface area contributed by atoms with Crippen molar-refractivity contribution in [2.75, 3.05) is 0 Å². The zero-order chi connectivity index (χ0) is 22.6. The van der Waals surface area contributed by atoms with E-state index in [2.05, 4.69) is 0 Å². The van der Waals surface area contributed by atoms with Crippen molar-refractivity contribution >= 4 is 15.6 Å². The molecule has 3 rings (SSSR count). The maximum absolute atomic E-state index is 13.4. The molecule has 31 heavy (non-hydrogen) atoms. The van der Waals surface area contributed by atoms with E-state index in [4.69, 9.17) is 4.74 Å². The van der Waals surface area contributed by atoms with Gasteiger partial charge in [0.15, 0.2) is 15.6 Å². The van der Waals surface area contributed by atoms with Crippen molar-refractivity contribution in [2.24, 2.45) is 0 Å². The van der Waals surface area contributed by atoms with Crippen LogP contribution < -0.4 is 4.74 Å². The van der Waals surface area contributed by atoms with Gasteiger partial charge in [-0.3, -0.25) is 4.79 Å². The summed E-state index contributed by atoms with van der Waals surface area (Å²) in [5, 5.41) is -1.09. The van der Waals surface area contributed by atoms with Crippen LogP contribution in [-0.2, 0) is 9.84 Å². The Balaban J connectivity index is 1.98. The average molecular weight is 441 g/mol. The molecule has 4 nitrogen and oxygen atoms in total. The number of hydrogen-bond acceptors (Lipinski definition) is 4. The SMILES string of the molecule is CC(C)(C)Oc1ccc(C(CC(=O)c2ccc(F)cc2)S(=O)(=O)c2ccccc2)cc1. The van der Waals surface area contributed by atoms with Gasteiger partial charge in [-0.1, -0.05) is 30.3 Å². The molecule has 1 unspecified atom stereocenters. The summed E-state index contributed by atoms with van der Waals surface area (Å²) in [5.41, 5.74) is 0.359. The second-order valence-electron chi connectivity index (χ2n) is 8.26. The Hall–Kier alpha value is -2.99. The zero-order valence-corrected chi connectivity index (χ0v) is 18.5. The van der Waals surface area contributed by atoms with Crippen LogP contribution in [0.3, 0.4) is 0 Å². The Bertz CT molecular complexity index is 1130. The van der Waals surface area contributed by atoms with E-state index in [1.165, 1.54) is 36.4 Å². The lowest BCUT2D eigenvalue weighted by Gasteiger charge is -2.22. The molecule has 0 saturated heterocycles. The Labute approximate surface area is 182 Å². The van der Waals surface area contributed by atoms with E-state index in [0.29, 0.717) is 11.3 Å². The summed E-state index contributed by atoms with van der Waals surface area (Å²) in [5.74, 6) is -0.226. The molecule has 6 heteroatoms. The van der Waals surface area contributed by atoms with Crippen LogP contribution in [-0.4, -0.2) is 19.8 Å². The smallest absolute Gasteiger partial charge is 0.185 e. The lowest BCUT2D eigenvalue weighted by Crippen LogP contribution is -2.23. The van der Waals surface area contributed by atoms with Gasteiger partial charge in [-0.25, -0.2) is 12.8 Å². The number of halogens is 1. The van der Waals surface area contributed by atoms with Crippen LogP contribution in [0, 0.1) is 5.82 Å². The van der Waals surface area contributed by atoms with Crippen molar-refractivity contribution in [3.8, 4) is 5.75 Å². The lowest BCUT2D eigenvalue weighted by molar-refractivity contribution is 0.0980. The number of ketones is 1. The van der Waals surface area contributed by atoms with Crippen molar-refractivity contribution in [3.05, 3.63) is 95.8 Å². The predicted octanol–water partition coefficient (Wildman–Crippen LogP) is 5.79. The lowest BCUT2D eigenvalue weighted by atomic mass is 10.0. The van der Waals surface area contributed by atoms with Crippen LogP contribution in [0.1, 0.15) is 48.4 Å². The molecule has 0 heterocycles. The van der Waals surface area contributed by atoms with Crippen molar-refractivity contribution < 1.29 is 22.3 Å². The molecule has 1 atom stereocenters. The second-order valence-corrected chi connectivity index (χ2v) is 10.4. The van der Waals surface area contributed by atoms with Crippen LogP contribution in [0.5, 0.6) is 5.75 Å². The van der Waals surface area contributed by atoms with Gasteiger partial charge in [-0.15, -0.1) is 0 Å². The highest BCUT2D eigenvalue weighted by molar-refractivity contribution is 7.91. The first-order valence-electron chi connectivity index (χ1n) is 9.93. The summed E-state index contributed by atoms with van der Waals surface area (Å²) < 4.78 is 45.9. The molecule has 0 spiro atoms. The van der Waals surface area contributed by atoms with Gasteiger partial charge in [0.05, 0.1) is 10.1 Å². The summed E-state index contributed by atoms with van der Waals surface area (Å²) in [4.78, 5) is 13.0. The molecule has 0 aliphatic rings. The summed E-state index contributed by atoms with van der Waals surface area (Å²) in [6.45, 7) is 5.76. The van der Waals surface area contributed by atoms with Gasteiger partial charge in [0, 0.05) is 12.0 Å². The monoisotopic (exact) mass is 440 g/mol. The fourth-order valence-electron chi connectivity index (χ4n) is 3.21. The number of rotatable bonds is 7. The van der Waals surface area contributed by atoms with Crippen molar-refractivity contribution in [1.82, 2.24) is 0 Å². The summed E-state index contributed by atoms with van der Waals surface area (Å²) >= 11 is 0. The molecule has 162 valence electrons. The largest absolute Gasteiger partial charge is 0.488 e. The van der Waals surface area contributed by atoms with Crippen LogP contribution in [0.15, 0.2) is 83.8 Å².